The van der Waals surface area contributed by atoms with Crippen LogP contribution in [-0.2, 0) is 6.42 Å². The minimum atomic E-state index is 0.453. The summed E-state index contributed by atoms with van der Waals surface area (Å²) in [4.78, 5) is 0. The van der Waals surface area contributed by atoms with Crippen molar-refractivity contribution in [2.75, 3.05) is 13.1 Å². The summed E-state index contributed by atoms with van der Waals surface area (Å²) < 4.78 is 0. The first kappa shape index (κ1) is 14.2. The Morgan fingerprint density at radius 2 is 1.41 bits per heavy atom. The van der Waals surface area contributed by atoms with E-state index in [0.717, 1.165) is 12.8 Å². The van der Waals surface area contributed by atoms with Crippen LogP contribution < -0.4 is 11.5 Å². The van der Waals surface area contributed by atoms with E-state index in [9.17, 15) is 0 Å². The van der Waals surface area contributed by atoms with Gasteiger partial charge in [-0.1, -0.05) is 6.07 Å². The summed E-state index contributed by atoms with van der Waals surface area (Å²) in [6.45, 7) is 10.2. The highest BCUT2D eigenvalue weighted by molar-refractivity contribution is 5.44. The van der Waals surface area contributed by atoms with Crippen LogP contribution in [0.5, 0.6) is 0 Å². The molecule has 0 heterocycles. The maximum atomic E-state index is 5.70. The third-order valence-corrected chi connectivity index (χ3v) is 3.99. The largest absolute Gasteiger partial charge is 0.330 e. The van der Waals surface area contributed by atoms with E-state index in [1.807, 2.05) is 0 Å². The summed E-state index contributed by atoms with van der Waals surface area (Å²) in [5, 5.41) is 0. The highest BCUT2D eigenvalue weighted by Crippen LogP contribution is 2.23. The van der Waals surface area contributed by atoms with Crippen molar-refractivity contribution in [1.29, 1.82) is 0 Å². The molecule has 96 valence electrons. The molecule has 2 nitrogen and oxygen atoms in total. The topological polar surface area (TPSA) is 52.0 Å². The predicted molar refractivity (Wildman–Crippen MR) is 75.3 cm³/mol. The van der Waals surface area contributed by atoms with Crippen molar-refractivity contribution in [3.8, 4) is 0 Å². The first-order chi connectivity index (χ1) is 8.01. The molecule has 0 aromatic heterocycles. The zero-order valence-electron chi connectivity index (χ0n) is 11.6. The molecule has 0 aliphatic heterocycles. The molecule has 0 aliphatic carbocycles. The van der Waals surface area contributed by atoms with E-state index in [4.69, 9.17) is 11.5 Å². The van der Waals surface area contributed by atoms with Gasteiger partial charge in [-0.15, -0.1) is 0 Å². The van der Waals surface area contributed by atoms with Crippen LogP contribution in [0.4, 0.5) is 0 Å². The Kier molecular flexibility index (Phi) is 5.16. The predicted octanol–water partition coefficient (Wildman–Crippen LogP) is 2.39. The van der Waals surface area contributed by atoms with Crippen LogP contribution >= 0.6 is 0 Å². The molecule has 17 heavy (non-hydrogen) atoms. The Balaban J connectivity index is 2.90. The smallest absolute Gasteiger partial charge is 0.00367 e. The van der Waals surface area contributed by atoms with Crippen molar-refractivity contribution in [1.82, 2.24) is 0 Å². The Labute approximate surface area is 105 Å². The average molecular weight is 234 g/mol. The molecule has 1 aromatic rings. The van der Waals surface area contributed by atoms with Gasteiger partial charge in [-0.3, -0.25) is 0 Å². The van der Waals surface area contributed by atoms with Gasteiger partial charge in [0.1, 0.15) is 0 Å². The summed E-state index contributed by atoms with van der Waals surface area (Å²) in [6, 6.07) is 2.28. The van der Waals surface area contributed by atoms with Gasteiger partial charge in [-0.05, 0) is 87.4 Å². The van der Waals surface area contributed by atoms with Gasteiger partial charge in [-0.2, -0.15) is 0 Å². The Morgan fingerprint density at radius 3 is 1.82 bits per heavy atom. The van der Waals surface area contributed by atoms with E-state index in [2.05, 4.69) is 33.8 Å². The summed E-state index contributed by atoms with van der Waals surface area (Å²) >= 11 is 0. The highest BCUT2D eigenvalue weighted by Gasteiger charge is 2.11. The van der Waals surface area contributed by atoms with E-state index < -0.39 is 0 Å². The monoisotopic (exact) mass is 234 g/mol. The van der Waals surface area contributed by atoms with Gasteiger partial charge in [0, 0.05) is 0 Å². The summed E-state index contributed by atoms with van der Waals surface area (Å²) in [5.41, 5.74) is 18.5. The third-order valence-electron chi connectivity index (χ3n) is 3.99. The highest BCUT2D eigenvalue weighted by atomic mass is 14.6. The standard InChI is InChI=1S/C15H26N2/c1-10-7-11(2)13(4)15(12(10)3)6-5-14(8-16)9-17/h7,14H,5-6,8-9,16-17H2,1-4H3. The van der Waals surface area contributed by atoms with E-state index in [1.165, 1.54) is 27.8 Å². The number of hydrogen-bond acceptors (Lipinski definition) is 2. The van der Waals surface area contributed by atoms with Crippen molar-refractivity contribution >= 4 is 0 Å². The maximum absolute atomic E-state index is 5.70. The minimum absolute atomic E-state index is 0.453. The second kappa shape index (κ2) is 6.18. The lowest BCUT2D eigenvalue weighted by Crippen LogP contribution is -2.23. The zero-order valence-corrected chi connectivity index (χ0v) is 11.6. The van der Waals surface area contributed by atoms with Crippen molar-refractivity contribution in [3.05, 3.63) is 33.9 Å². The molecular weight excluding hydrogens is 208 g/mol. The van der Waals surface area contributed by atoms with Crippen LogP contribution in [0.1, 0.15) is 34.2 Å². The molecule has 2 heteroatoms. The van der Waals surface area contributed by atoms with Crippen LogP contribution in [0.2, 0.25) is 0 Å². The zero-order chi connectivity index (χ0) is 13.0. The quantitative estimate of drug-likeness (QED) is 0.822. The molecule has 0 amide bonds. The average Bonchev–Trinajstić information content (AvgIpc) is 2.31. The lowest BCUT2D eigenvalue weighted by molar-refractivity contribution is 0.506. The molecule has 0 spiro atoms. The SMILES string of the molecule is Cc1cc(C)c(C)c(CCC(CN)CN)c1C. The molecule has 0 radical (unpaired) electrons. The van der Waals surface area contributed by atoms with Crippen LogP contribution in [-0.4, -0.2) is 13.1 Å². The van der Waals surface area contributed by atoms with Gasteiger partial charge in [-0.25, -0.2) is 0 Å². The van der Waals surface area contributed by atoms with Crippen LogP contribution in [0.3, 0.4) is 0 Å². The molecule has 4 N–H and O–H groups in total. The van der Waals surface area contributed by atoms with Gasteiger partial charge in [0.25, 0.3) is 0 Å². The van der Waals surface area contributed by atoms with E-state index in [-0.39, 0.29) is 0 Å². The van der Waals surface area contributed by atoms with Gasteiger partial charge in [0.05, 0.1) is 0 Å². The number of rotatable bonds is 5. The number of hydrogen-bond donors (Lipinski definition) is 2. The Morgan fingerprint density at radius 1 is 0.941 bits per heavy atom. The molecule has 0 bridgehead atoms. The van der Waals surface area contributed by atoms with Gasteiger partial charge in [0.2, 0.25) is 0 Å². The van der Waals surface area contributed by atoms with Gasteiger partial charge < -0.3 is 11.5 Å². The maximum Gasteiger partial charge on any atom is -0.00367 e. The van der Waals surface area contributed by atoms with Crippen LogP contribution in [0, 0.1) is 33.6 Å². The van der Waals surface area contributed by atoms with Crippen molar-refractivity contribution in [2.45, 2.75) is 40.5 Å². The van der Waals surface area contributed by atoms with Crippen molar-refractivity contribution in [3.63, 3.8) is 0 Å². The normalized spacial score (nSPS) is 11.2. The summed E-state index contributed by atoms with van der Waals surface area (Å²) in [6.07, 6.45) is 2.19. The third kappa shape index (κ3) is 3.30. The minimum Gasteiger partial charge on any atom is -0.330 e. The Hall–Kier alpha value is -0.860. The van der Waals surface area contributed by atoms with Crippen LogP contribution in [0.25, 0.3) is 0 Å². The molecule has 0 fully saturated rings. The molecule has 0 unspecified atom stereocenters. The second-order valence-electron chi connectivity index (χ2n) is 5.12. The fourth-order valence-corrected chi connectivity index (χ4v) is 2.35. The first-order valence-electron chi connectivity index (χ1n) is 6.47. The molecule has 1 rings (SSSR count). The summed E-state index contributed by atoms with van der Waals surface area (Å²) in [7, 11) is 0. The number of benzene rings is 1. The number of nitrogens with two attached hydrogens (primary N) is 2. The molecular formula is C15H26N2. The molecule has 0 saturated carbocycles. The lowest BCUT2D eigenvalue weighted by atomic mass is 9.89. The van der Waals surface area contributed by atoms with Crippen LogP contribution in [0.15, 0.2) is 6.07 Å². The molecule has 0 atom stereocenters. The fraction of sp³-hybridized carbons (Fsp3) is 0.600. The molecule has 1 aromatic carbocycles. The lowest BCUT2D eigenvalue weighted by Gasteiger charge is -2.18. The van der Waals surface area contributed by atoms with E-state index in [1.54, 1.807) is 0 Å². The van der Waals surface area contributed by atoms with Crippen molar-refractivity contribution in [2.24, 2.45) is 17.4 Å². The number of aryl methyl sites for hydroxylation is 2. The van der Waals surface area contributed by atoms with E-state index >= 15 is 0 Å². The second-order valence-corrected chi connectivity index (χ2v) is 5.12. The van der Waals surface area contributed by atoms with Gasteiger partial charge >= 0.3 is 0 Å². The van der Waals surface area contributed by atoms with E-state index in [0.29, 0.717) is 19.0 Å². The summed E-state index contributed by atoms with van der Waals surface area (Å²) in [5.74, 6) is 0.453. The molecule has 0 saturated heterocycles. The Bertz CT molecular complexity index is 353. The van der Waals surface area contributed by atoms with Crippen molar-refractivity contribution < 1.29 is 0 Å². The van der Waals surface area contributed by atoms with Gasteiger partial charge in [0.15, 0.2) is 0 Å². The fourth-order valence-electron chi connectivity index (χ4n) is 2.35. The first-order valence-corrected chi connectivity index (χ1v) is 6.47. The molecule has 0 aliphatic rings.